The van der Waals surface area contributed by atoms with E-state index in [1.807, 2.05) is 68.1 Å². The first-order valence-electron chi connectivity index (χ1n) is 9.93. The number of anilines is 1. The number of hydrogen-bond acceptors (Lipinski definition) is 4. The maximum atomic E-state index is 13.0. The SMILES string of the molecule is Cc1cccc(N=C2S[C@H](CC(=O)Nc3c(C)cccc3C)C(=O)N2C2CC2)c1. The van der Waals surface area contributed by atoms with Crippen molar-refractivity contribution in [3.63, 3.8) is 0 Å². The normalized spacial score (nSPS) is 20.4. The molecule has 1 N–H and O–H groups in total. The van der Waals surface area contributed by atoms with Crippen molar-refractivity contribution in [2.45, 2.75) is 51.3 Å². The van der Waals surface area contributed by atoms with Crippen LogP contribution in [0.15, 0.2) is 47.5 Å². The van der Waals surface area contributed by atoms with E-state index in [-0.39, 0.29) is 24.3 Å². The van der Waals surface area contributed by atoms with Gasteiger partial charge < -0.3 is 5.32 Å². The number of rotatable bonds is 5. The number of para-hydroxylation sites is 1. The maximum absolute atomic E-state index is 13.0. The van der Waals surface area contributed by atoms with Gasteiger partial charge in [0.25, 0.3) is 0 Å². The second-order valence-corrected chi connectivity index (χ2v) is 8.97. The molecule has 2 aromatic rings. The van der Waals surface area contributed by atoms with E-state index < -0.39 is 5.25 Å². The zero-order valence-corrected chi connectivity index (χ0v) is 17.8. The summed E-state index contributed by atoms with van der Waals surface area (Å²) in [5.74, 6) is -0.138. The van der Waals surface area contributed by atoms with Gasteiger partial charge in [-0.25, -0.2) is 4.99 Å². The molecule has 4 rings (SSSR count). The molecule has 1 aliphatic carbocycles. The van der Waals surface area contributed by atoms with Crippen LogP contribution < -0.4 is 5.32 Å². The molecule has 0 spiro atoms. The molecule has 1 saturated heterocycles. The van der Waals surface area contributed by atoms with E-state index in [0.29, 0.717) is 5.17 Å². The molecule has 2 fully saturated rings. The third-order valence-electron chi connectivity index (χ3n) is 5.22. The summed E-state index contributed by atoms with van der Waals surface area (Å²) in [4.78, 5) is 32.2. The molecule has 29 heavy (non-hydrogen) atoms. The van der Waals surface area contributed by atoms with Crippen LogP contribution in [0.1, 0.15) is 36.0 Å². The number of aliphatic imine (C=N–C) groups is 1. The molecule has 2 aliphatic rings. The van der Waals surface area contributed by atoms with Gasteiger partial charge >= 0.3 is 0 Å². The minimum atomic E-state index is -0.427. The fraction of sp³-hybridized carbons (Fsp3) is 0.348. The molecule has 0 aromatic heterocycles. The smallest absolute Gasteiger partial charge is 0.242 e. The van der Waals surface area contributed by atoms with E-state index in [0.717, 1.165) is 40.9 Å². The van der Waals surface area contributed by atoms with Crippen LogP contribution in [0.25, 0.3) is 0 Å². The van der Waals surface area contributed by atoms with Crippen molar-refractivity contribution in [3.8, 4) is 0 Å². The first kappa shape index (κ1) is 19.7. The Kier molecular flexibility index (Phi) is 5.46. The van der Waals surface area contributed by atoms with Crippen LogP contribution in [0.4, 0.5) is 11.4 Å². The van der Waals surface area contributed by atoms with Crippen molar-refractivity contribution in [1.29, 1.82) is 0 Å². The molecular formula is C23H25N3O2S. The van der Waals surface area contributed by atoms with Crippen LogP contribution in [0, 0.1) is 20.8 Å². The Morgan fingerprint density at radius 3 is 2.48 bits per heavy atom. The number of nitrogens with one attached hydrogen (secondary N) is 1. The van der Waals surface area contributed by atoms with Gasteiger partial charge in [0.1, 0.15) is 5.25 Å². The quantitative estimate of drug-likeness (QED) is 0.779. The average molecular weight is 408 g/mol. The number of hydrogen-bond donors (Lipinski definition) is 1. The minimum absolute atomic E-state index is 0.000517. The summed E-state index contributed by atoms with van der Waals surface area (Å²) in [6.07, 6.45) is 2.15. The van der Waals surface area contributed by atoms with Gasteiger partial charge in [-0.1, -0.05) is 42.1 Å². The molecule has 1 heterocycles. The lowest BCUT2D eigenvalue weighted by Crippen LogP contribution is -2.35. The van der Waals surface area contributed by atoms with Crippen LogP contribution >= 0.6 is 11.8 Å². The van der Waals surface area contributed by atoms with Crippen LogP contribution in [-0.4, -0.2) is 33.2 Å². The van der Waals surface area contributed by atoms with Gasteiger partial charge in [0.15, 0.2) is 5.17 Å². The van der Waals surface area contributed by atoms with Gasteiger partial charge in [0.2, 0.25) is 11.8 Å². The van der Waals surface area contributed by atoms with Crippen LogP contribution in [-0.2, 0) is 9.59 Å². The van der Waals surface area contributed by atoms with Crippen molar-refractivity contribution >= 4 is 40.1 Å². The second-order valence-electron chi connectivity index (χ2n) is 7.80. The zero-order valence-electron chi connectivity index (χ0n) is 16.9. The standard InChI is InChI=1S/C23H25N3O2S/c1-14-6-4-9-17(12-14)24-23-26(18-10-11-18)22(28)19(29-23)13-20(27)25-21-15(2)7-5-8-16(21)3/h4-9,12,18-19H,10-11,13H2,1-3H3,(H,25,27)/t19-/m1/s1. The summed E-state index contributed by atoms with van der Waals surface area (Å²) >= 11 is 1.41. The summed E-state index contributed by atoms with van der Waals surface area (Å²) in [5.41, 5.74) is 4.84. The highest BCUT2D eigenvalue weighted by Gasteiger charge is 2.46. The van der Waals surface area contributed by atoms with Gasteiger partial charge in [-0.2, -0.15) is 0 Å². The highest BCUT2D eigenvalue weighted by atomic mass is 32.2. The summed E-state index contributed by atoms with van der Waals surface area (Å²) in [5, 5.41) is 3.28. The van der Waals surface area contributed by atoms with Crippen molar-refractivity contribution < 1.29 is 9.59 Å². The first-order valence-corrected chi connectivity index (χ1v) is 10.8. The third kappa shape index (κ3) is 4.37. The van der Waals surface area contributed by atoms with Crippen LogP contribution in [0.5, 0.6) is 0 Å². The Labute approximate surface area is 175 Å². The van der Waals surface area contributed by atoms with Gasteiger partial charge in [0, 0.05) is 18.2 Å². The van der Waals surface area contributed by atoms with E-state index in [1.165, 1.54) is 11.8 Å². The Hall–Kier alpha value is -2.60. The molecule has 150 valence electrons. The van der Waals surface area contributed by atoms with E-state index in [2.05, 4.69) is 5.32 Å². The number of benzene rings is 2. The zero-order chi connectivity index (χ0) is 20.5. The molecule has 2 aromatic carbocycles. The summed E-state index contributed by atoms with van der Waals surface area (Å²) < 4.78 is 0. The van der Waals surface area contributed by atoms with Crippen molar-refractivity contribution in [3.05, 3.63) is 59.2 Å². The lowest BCUT2D eigenvalue weighted by atomic mass is 10.1. The molecule has 1 saturated carbocycles. The lowest BCUT2D eigenvalue weighted by Gasteiger charge is -2.15. The number of amidine groups is 1. The Balaban J connectivity index is 1.51. The molecule has 0 radical (unpaired) electrons. The largest absolute Gasteiger partial charge is 0.326 e. The Morgan fingerprint density at radius 2 is 1.83 bits per heavy atom. The fourth-order valence-corrected chi connectivity index (χ4v) is 4.75. The van der Waals surface area contributed by atoms with Crippen molar-refractivity contribution in [2.24, 2.45) is 4.99 Å². The molecule has 0 unspecified atom stereocenters. The van der Waals surface area contributed by atoms with E-state index >= 15 is 0 Å². The number of carbonyl (C=O) groups excluding carboxylic acids is 2. The van der Waals surface area contributed by atoms with E-state index in [1.54, 1.807) is 0 Å². The van der Waals surface area contributed by atoms with Crippen molar-refractivity contribution in [1.82, 2.24) is 4.90 Å². The fourth-order valence-electron chi connectivity index (χ4n) is 3.54. The maximum Gasteiger partial charge on any atom is 0.242 e. The number of carbonyl (C=O) groups is 2. The van der Waals surface area contributed by atoms with E-state index in [4.69, 9.17) is 4.99 Å². The Bertz CT molecular complexity index is 977. The van der Waals surface area contributed by atoms with Crippen LogP contribution in [0.3, 0.4) is 0 Å². The van der Waals surface area contributed by atoms with Crippen molar-refractivity contribution in [2.75, 3.05) is 5.32 Å². The number of amides is 2. The van der Waals surface area contributed by atoms with Gasteiger partial charge in [-0.15, -0.1) is 0 Å². The predicted octanol–water partition coefficient (Wildman–Crippen LogP) is 4.73. The summed E-state index contributed by atoms with van der Waals surface area (Å²) in [7, 11) is 0. The number of aryl methyl sites for hydroxylation is 3. The van der Waals surface area contributed by atoms with Crippen LogP contribution in [0.2, 0.25) is 0 Å². The highest BCUT2D eigenvalue weighted by molar-refractivity contribution is 8.15. The molecule has 5 nitrogen and oxygen atoms in total. The monoisotopic (exact) mass is 407 g/mol. The predicted molar refractivity (Wildman–Crippen MR) is 119 cm³/mol. The summed E-state index contributed by atoms with van der Waals surface area (Å²) in [6, 6.07) is 14.1. The van der Waals surface area contributed by atoms with Gasteiger partial charge in [-0.05, 0) is 62.4 Å². The molecular weight excluding hydrogens is 382 g/mol. The lowest BCUT2D eigenvalue weighted by molar-refractivity contribution is -0.128. The molecule has 1 aliphatic heterocycles. The Morgan fingerprint density at radius 1 is 1.14 bits per heavy atom. The number of nitrogens with zero attached hydrogens (tertiary/aromatic N) is 2. The molecule has 2 amide bonds. The topological polar surface area (TPSA) is 61.8 Å². The molecule has 6 heteroatoms. The van der Waals surface area contributed by atoms with Gasteiger partial charge in [0.05, 0.1) is 5.69 Å². The molecule has 0 bridgehead atoms. The average Bonchev–Trinajstić information content (AvgIpc) is 3.45. The van der Waals surface area contributed by atoms with E-state index in [9.17, 15) is 9.59 Å². The minimum Gasteiger partial charge on any atom is -0.326 e. The number of thioether (sulfide) groups is 1. The first-order chi connectivity index (χ1) is 13.9. The third-order valence-corrected chi connectivity index (χ3v) is 6.37. The highest BCUT2D eigenvalue weighted by Crippen LogP contribution is 2.39. The second kappa shape index (κ2) is 8.03. The molecule has 1 atom stereocenters. The van der Waals surface area contributed by atoms with Gasteiger partial charge in [-0.3, -0.25) is 14.5 Å². The summed E-state index contributed by atoms with van der Waals surface area (Å²) in [6.45, 7) is 5.97.